The van der Waals surface area contributed by atoms with Crippen molar-refractivity contribution in [3.8, 4) is 0 Å². The Morgan fingerprint density at radius 3 is 3.19 bits per heavy atom. The lowest BCUT2D eigenvalue weighted by molar-refractivity contribution is -0.0819. The number of aromatic nitrogens is 1. The van der Waals surface area contributed by atoms with E-state index in [0.29, 0.717) is 19.8 Å². The lowest BCUT2D eigenvalue weighted by Crippen LogP contribution is -2.34. The summed E-state index contributed by atoms with van der Waals surface area (Å²) in [5.74, 6) is 0.856. The predicted octanol–water partition coefficient (Wildman–Crippen LogP) is 1.98. The molecule has 1 aliphatic rings. The maximum Gasteiger partial charge on any atom is 0.140 e. The Hall–Kier alpha value is -0.650. The number of anilines is 1. The molecular formula is C11H15BrN2O2. The standard InChI is InChI=1S/C11H15BrN2O2/c1-8-2-3-13-11(10(8)12)14-6-9-7-15-4-5-16-9/h2-3,9H,4-7H2,1H3,(H,13,14). The van der Waals surface area contributed by atoms with Crippen molar-refractivity contribution in [3.05, 3.63) is 22.3 Å². The zero-order valence-corrected chi connectivity index (χ0v) is 10.8. The third kappa shape index (κ3) is 2.93. The van der Waals surface area contributed by atoms with Crippen molar-refractivity contribution in [2.24, 2.45) is 0 Å². The fraction of sp³-hybridized carbons (Fsp3) is 0.545. The molecule has 1 aromatic heterocycles. The average molecular weight is 287 g/mol. The minimum absolute atomic E-state index is 0.114. The van der Waals surface area contributed by atoms with Gasteiger partial charge in [0.2, 0.25) is 0 Å². The summed E-state index contributed by atoms with van der Waals surface area (Å²) < 4.78 is 11.9. The first kappa shape index (κ1) is 11.8. The van der Waals surface area contributed by atoms with Crippen LogP contribution in [0.25, 0.3) is 0 Å². The molecule has 0 bridgehead atoms. The highest BCUT2D eigenvalue weighted by atomic mass is 79.9. The maximum absolute atomic E-state index is 5.54. The van der Waals surface area contributed by atoms with Gasteiger partial charge in [-0.05, 0) is 34.5 Å². The van der Waals surface area contributed by atoms with Crippen LogP contribution in [-0.4, -0.2) is 37.5 Å². The van der Waals surface area contributed by atoms with E-state index in [1.807, 2.05) is 13.0 Å². The zero-order valence-electron chi connectivity index (χ0n) is 9.20. The normalized spacial score (nSPS) is 20.8. The Bertz CT molecular complexity index is 354. The molecule has 1 aromatic rings. The van der Waals surface area contributed by atoms with Gasteiger partial charge in [0.1, 0.15) is 5.82 Å². The molecule has 5 heteroatoms. The molecule has 88 valence electrons. The largest absolute Gasteiger partial charge is 0.376 e. The quantitative estimate of drug-likeness (QED) is 0.923. The molecule has 2 rings (SSSR count). The van der Waals surface area contributed by atoms with Crippen molar-refractivity contribution in [2.75, 3.05) is 31.7 Å². The second-order valence-electron chi connectivity index (χ2n) is 3.74. The molecular weight excluding hydrogens is 272 g/mol. The van der Waals surface area contributed by atoms with E-state index in [1.165, 1.54) is 5.56 Å². The van der Waals surface area contributed by atoms with Crippen LogP contribution in [0.5, 0.6) is 0 Å². The highest BCUT2D eigenvalue weighted by molar-refractivity contribution is 9.10. The molecule has 1 N–H and O–H groups in total. The topological polar surface area (TPSA) is 43.4 Å². The van der Waals surface area contributed by atoms with Crippen LogP contribution in [0.2, 0.25) is 0 Å². The number of nitrogens with one attached hydrogen (secondary N) is 1. The minimum atomic E-state index is 0.114. The smallest absolute Gasteiger partial charge is 0.140 e. The summed E-state index contributed by atoms with van der Waals surface area (Å²) in [5.41, 5.74) is 1.17. The fourth-order valence-corrected chi connectivity index (χ4v) is 1.90. The summed E-state index contributed by atoms with van der Waals surface area (Å²) in [6.07, 6.45) is 1.91. The van der Waals surface area contributed by atoms with Crippen molar-refractivity contribution < 1.29 is 9.47 Å². The van der Waals surface area contributed by atoms with Crippen LogP contribution < -0.4 is 5.32 Å². The van der Waals surface area contributed by atoms with E-state index >= 15 is 0 Å². The number of rotatable bonds is 3. The number of halogens is 1. The molecule has 1 saturated heterocycles. The molecule has 2 heterocycles. The van der Waals surface area contributed by atoms with E-state index in [9.17, 15) is 0 Å². The van der Waals surface area contributed by atoms with Gasteiger partial charge in [0.25, 0.3) is 0 Å². The fourth-order valence-electron chi connectivity index (χ4n) is 1.53. The minimum Gasteiger partial charge on any atom is -0.376 e. The number of hydrogen-bond donors (Lipinski definition) is 1. The van der Waals surface area contributed by atoms with Crippen molar-refractivity contribution >= 4 is 21.7 Å². The molecule has 0 saturated carbocycles. The second kappa shape index (κ2) is 5.61. The number of pyridine rings is 1. The molecule has 4 nitrogen and oxygen atoms in total. The Morgan fingerprint density at radius 1 is 1.56 bits per heavy atom. The van der Waals surface area contributed by atoms with Crippen LogP contribution in [0, 0.1) is 6.92 Å². The number of aryl methyl sites for hydroxylation is 1. The maximum atomic E-state index is 5.54. The van der Waals surface area contributed by atoms with E-state index in [1.54, 1.807) is 6.20 Å². The Kier molecular flexibility index (Phi) is 4.15. The molecule has 0 amide bonds. The predicted molar refractivity (Wildman–Crippen MR) is 65.7 cm³/mol. The van der Waals surface area contributed by atoms with Crippen molar-refractivity contribution in [1.82, 2.24) is 4.98 Å². The summed E-state index contributed by atoms with van der Waals surface area (Å²) in [6, 6.07) is 1.97. The van der Waals surface area contributed by atoms with Gasteiger partial charge >= 0.3 is 0 Å². The van der Waals surface area contributed by atoms with Gasteiger partial charge in [-0.1, -0.05) is 0 Å². The van der Waals surface area contributed by atoms with Crippen LogP contribution >= 0.6 is 15.9 Å². The van der Waals surface area contributed by atoms with Gasteiger partial charge < -0.3 is 14.8 Å². The van der Waals surface area contributed by atoms with Gasteiger partial charge in [-0.25, -0.2) is 4.98 Å². The number of ether oxygens (including phenoxy) is 2. The Labute approximate surface area is 103 Å². The number of nitrogens with zero attached hydrogens (tertiary/aromatic N) is 1. The van der Waals surface area contributed by atoms with Crippen LogP contribution in [0.3, 0.4) is 0 Å². The summed E-state index contributed by atoms with van der Waals surface area (Å²) in [4.78, 5) is 4.27. The molecule has 1 atom stereocenters. The number of hydrogen-bond acceptors (Lipinski definition) is 4. The summed E-state index contributed by atoms with van der Waals surface area (Å²) in [6.45, 7) is 4.78. The van der Waals surface area contributed by atoms with E-state index in [4.69, 9.17) is 9.47 Å². The van der Waals surface area contributed by atoms with E-state index in [-0.39, 0.29) is 6.10 Å². The SMILES string of the molecule is Cc1ccnc(NCC2COCCO2)c1Br. The summed E-state index contributed by atoms with van der Waals surface area (Å²) >= 11 is 3.51. The third-order valence-electron chi connectivity index (χ3n) is 2.46. The zero-order chi connectivity index (χ0) is 11.4. The third-order valence-corrected chi connectivity index (χ3v) is 3.47. The van der Waals surface area contributed by atoms with Crippen molar-refractivity contribution in [2.45, 2.75) is 13.0 Å². The second-order valence-corrected chi connectivity index (χ2v) is 4.53. The van der Waals surface area contributed by atoms with E-state index < -0.39 is 0 Å². The molecule has 0 radical (unpaired) electrons. The van der Waals surface area contributed by atoms with Crippen LogP contribution in [0.15, 0.2) is 16.7 Å². The van der Waals surface area contributed by atoms with Gasteiger partial charge in [0, 0.05) is 12.7 Å². The van der Waals surface area contributed by atoms with Gasteiger partial charge in [0.15, 0.2) is 0 Å². The highest BCUT2D eigenvalue weighted by Gasteiger charge is 2.14. The highest BCUT2D eigenvalue weighted by Crippen LogP contribution is 2.23. The van der Waals surface area contributed by atoms with Gasteiger partial charge in [-0.2, -0.15) is 0 Å². The summed E-state index contributed by atoms with van der Waals surface area (Å²) in [7, 11) is 0. The molecule has 0 aliphatic carbocycles. The van der Waals surface area contributed by atoms with Crippen LogP contribution in [-0.2, 0) is 9.47 Å². The molecule has 1 unspecified atom stereocenters. The molecule has 1 aliphatic heterocycles. The average Bonchev–Trinajstić information content (AvgIpc) is 2.32. The molecule has 0 spiro atoms. The summed E-state index contributed by atoms with van der Waals surface area (Å²) in [5, 5.41) is 3.26. The van der Waals surface area contributed by atoms with Crippen LogP contribution in [0.1, 0.15) is 5.56 Å². The first-order valence-corrected chi connectivity index (χ1v) is 6.11. The van der Waals surface area contributed by atoms with E-state index in [0.717, 1.165) is 16.8 Å². The lowest BCUT2D eigenvalue weighted by atomic mass is 10.3. The van der Waals surface area contributed by atoms with E-state index in [2.05, 4.69) is 26.2 Å². The molecule has 16 heavy (non-hydrogen) atoms. The van der Waals surface area contributed by atoms with Gasteiger partial charge in [-0.15, -0.1) is 0 Å². The first-order valence-electron chi connectivity index (χ1n) is 5.31. The molecule has 0 aromatic carbocycles. The first-order chi connectivity index (χ1) is 7.77. The van der Waals surface area contributed by atoms with Crippen molar-refractivity contribution in [3.63, 3.8) is 0 Å². The lowest BCUT2D eigenvalue weighted by Gasteiger charge is -2.23. The van der Waals surface area contributed by atoms with Crippen LogP contribution in [0.4, 0.5) is 5.82 Å². The van der Waals surface area contributed by atoms with Gasteiger partial charge in [-0.3, -0.25) is 0 Å². The van der Waals surface area contributed by atoms with Crippen molar-refractivity contribution in [1.29, 1.82) is 0 Å². The van der Waals surface area contributed by atoms with Gasteiger partial charge in [0.05, 0.1) is 30.4 Å². The monoisotopic (exact) mass is 286 g/mol. The Morgan fingerprint density at radius 2 is 2.44 bits per heavy atom. The Balaban J connectivity index is 1.91. The molecule has 1 fully saturated rings.